The second kappa shape index (κ2) is 9.70. The number of anilines is 1. The van der Waals surface area contributed by atoms with E-state index in [-0.39, 0.29) is 18.0 Å². The summed E-state index contributed by atoms with van der Waals surface area (Å²) < 4.78 is 10.9. The van der Waals surface area contributed by atoms with Crippen molar-refractivity contribution in [2.45, 2.75) is 17.5 Å². The number of halogens is 2. The van der Waals surface area contributed by atoms with E-state index in [1.165, 1.54) is 11.8 Å². The summed E-state index contributed by atoms with van der Waals surface area (Å²) in [4.78, 5) is 8.66. The van der Waals surface area contributed by atoms with Gasteiger partial charge in [-0.2, -0.15) is 5.26 Å². The largest absolute Gasteiger partial charge is 0.497 e. The Bertz CT molecular complexity index is 1070. The van der Waals surface area contributed by atoms with Gasteiger partial charge in [0.05, 0.1) is 7.11 Å². The van der Waals surface area contributed by atoms with Crippen LogP contribution >= 0.6 is 35.0 Å². The van der Waals surface area contributed by atoms with Crippen LogP contribution in [0, 0.1) is 11.3 Å². The molecule has 29 heavy (non-hydrogen) atoms. The van der Waals surface area contributed by atoms with Crippen molar-refractivity contribution in [3.05, 3.63) is 69.3 Å². The van der Waals surface area contributed by atoms with Crippen LogP contribution in [-0.4, -0.2) is 17.1 Å². The second-order valence-electron chi connectivity index (χ2n) is 5.82. The molecule has 0 fully saturated rings. The first kappa shape index (κ1) is 21.1. The maximum atomic E-state index is 9.42. The monoisotopic (exact) mass is 446 g/mol. The lowest BCUT2D eigenvalue weighted by atomic mass is 10.2. The zero-order chi connectivity index (χ0) is 20.8. The van der Waals surface area contributed by atoms with E-state index in [2.05, 4.69) is 9.97 Å². The van der Waals surface area contributed by atoms with Crippen LogP contribution in [0.5, 0.6) is 11.5 Å². The summed E-state index contributed by atoms with van der Waals surface area (Å²) in [5.41, 5.74) is 7.46. The van der Waals surface area contributed by atoms with E-state index in [1.54, 1.807) is 31.4 Å². The summed E-state index contributed by atoms with van der Waals surface area (Å²) >= 11 is 13.5. The van der Waals surface area contributed by atoms with Crippen LogP contribution in [-0.2, 0) is 12.4 Å². The van der Waals surface area contributed by atoms with Crippen molar-refractivity contribution in [2.24, 2.45) is 0 Å². The first-order valence-electron chi connectivity index (χ1n) is 8.40. The molecule has 1 aromatic heterocycles. The summed E-state index contributed by atoms with van der Waals surface area (Å²) in [6.07, 6.45) is 0. The highest BCUT2D eigenvalue weighted by atomic mass is 35.5. The van der Waals surface area contributed by atoms with Crippen molar-refractivity contribution in [3.8, 4) is 17.6 Å². The van der Waals surface area contributed by atoms with Crippen molar-refractivity contribution in [2.75, 3.05) is 12.8 Å². The van der Waals surface area contributed by atoms with Gasteiger partial charge in [0.2, 0.25) is 0 Å². The molecule has 0 atom stereocenters. The predicted molar refractivity (Wildman–Crippen MR) is 115 cm³/mol. The van der Waals surface area contributed by atoms with Gasteiger partial charge in [-0.1, -0.05) is 47.1 Å². The van der Waals surface area contributed by atoms with Crippen molar-refractivity contribution < 1.29 is 9.47 Å². The Morgan fingerprint density at radius 2 is 1.93 bits per heavy atom. The number of thioether (sulfide) groups is 1. The lowest BCUT2D eigenvalue weighted by Crippen LogP contribution is -2.08. The van der Waals surface area contributed by atoms with Crippen LogP contribution in [0.1, 0.15) is 16.8 Å². The normalized spacial score (nSPS) is 10.4. The molecule has 0 radical (unpaired) electrons. The van der Waals surface area contributed by atoms with Crippen molar-refractivity contribution in [1.29, 1.82) is 5.26 Å². The number of nitrogens with zero attached hydrogens (tertiary/aromatic N) is 3. The molecule has 3 rings (SSSR count). The number of nitriles is 1. The third-order valence-electron chi connectivity index (χ3n) is 3.89. The molecule has 0 aliphatic carbocycles. The molecular formula is C20H16Cl2N4O2S. The minimum atomic E-state index is 0.0675. The fourth-order valence-corrected chi connectivity index (χ4v) is 3.85. The molecule has 0 spiro atoms. The number of hydrogen-bond donors (Lipinski definition) is 1. The minimum absolute atomic E-state index is 0.0675. The van der Waals surface area contributed by atoms with Gasteiger partial charge in [-0.05, 0) is 29.8 Å². The third kappa shape index (κ3) is 5.45. The van der Waals surface area contributed by atoms with E-state index in [0.29, 0.717) is 38.1 Å². The van der Waals surface area contributed by atoms with Gasteiger partial charge in [-0.25, -0.2) is 9.97 Å². The van der Waals surface area contributed by atoms with E-state index in [1.807, 2.05) is 24.3 Å². The van der Waals surface area contributed by atoms with E-state index in [4.69, 9.17) is 38.4 Å². The van der Waals surface area contributed by atoms with Crippen molar-refractivity contribution in [3.63, 3.8) is 0 Å². The highest BCUT2D eigenvalue weighted by Crippen LogP contribution is 2.29. The number of benzene rings is 2. The number of aromatic nitrogens is 2. The van der Waals surface area contributed by atoms with Crippen molar-refractivity contribution in [1.82, 2.24) is 9.97 Å². The number of nitrogens with two attached hydrogens (primary N) is 1. The quantitative estimate of drug-likeness (QED) is 0.397. The van der Waals surface area contributed by atoms with Gasteiger partial charge in [0, 0.05) is 21.9 Å². The van der Waals surface area contributed by atoms with Gasteiger partial charge in [0.1, 0.15) is 41.3 Å². The lowest BCUT2D eigenvalue weighted by molar-refractivity contribution is 0.297. The van der Waals surface area contributed by atoms with Crippen LogP contribution in [0.15, 0.2) is 47.6 Å². The Labute approximate surface area is 182 Å². The zero-order valence-corrected chi connectivity index (χ0v) is 17.7. The molecule has 1 heterocycles. The SMILES string of the molecule is COc1cccc(OCc2nc(SCc3ccc(Cl)cc3Cl)nc(N)c2C#N)c1. The Morgan fingerprint density at radius 3 is 2.66 bits per heavy atom. The average Bonchev–Trinajstić information content (AvgIpc) is 2.71. The molecule has 3 aromatic rings. The average molecular weight is 447 g/mol. The fraction of sp³-hybridized carbons (Fsp3) is 0.150. The molecular weight excluding hydrogens is 431 g/mol. The van der Waals surface area contributed by atoms with Crippen LogP contribution in [0.4, 0.5) is 5.82 Å². The van der Waals surface area contributed by atoms with Crippen LogP contribution in [0.2, 0.25) is 10.0 Å². The first-order valence-corrected chi connectivity index (χ1v) is 10.1. The smallest absolute Gasteiger partial charge is 0.190 e. The summed E-state index contributed by atoms with van der Waals surface area (Å²) in [6, 6.07) is 14.5. The minimum Gasteiger partial charge on any atom is -0.497 e. The Kier molecular flexibility index (Phi) is 7.04. The van der Waals surface area contributed by atoms with Crippen LogP contribution in [0.25, 0.3) is 0 Å². The molecule has 0 aliphatic rings. The van der Waals surface area contributed by atoms with E-state index >= 15 is 0 Å². The van der Waals surface area contributed by atoms with Crippen LogP contribution < -0.4 is 15.2 Å². The molecule has 0 saturated heterocycles. The zero-order valence-electron chi connectivity index (χ0n) is 15.4. The maximum absolute atomic E-state index is 9.42. The standard InChI is InChI=1S/C20H16Cl2N4O2S/c1-27-14-3-2-4-15(8-14)28-10-18-16(9-23)19(24)26-20(25-18)29-11-12-5-6-13(21)7-17(12)22/h2-8H,10-11H2,1H3,(H2,24,25,26). The van der Waals surface area contributed by atoms with Gasteiger partial charge < -0.3 is 15.2 Å². The molecule has 148 valence electrons. The van der Waals surface area contributed by atoms with Gasteiger partial charge in [0.15, 0.2) is 5.16 Å². The van der Waals surface area contributed by atoms with E-state index in [0.717, 1.165) is 5.56 Å². The molecule has 0 aliphatic heterocycles. The van der Waals surface area contributed by atoms with Crippen molar-refractivity contribution >= 4 is 40.8 Å². The summed E-state index contributed by atoms with van der Waals surface area (Å²) in [5.74, 6) is 1.89. The number of hydrogen-bond acceptors (Lipinski definition) is 7. The fourth-order valence-electron chi connectivity index (χ4n) is 2.42. The lowest BCUT2D eigenvalue weighted by Gasteiger charge is -2.11. The molecule has 6 nitrogen and oxygen atoms in total. The highest BCUT2D eigenvalue weighted by Gasteiger charge is 2.14. The topological polar surface area (TPSA) is 94.1 Å². The maximum Gasteiger partial charge on any atom is 0.190 e. The summed E-state index contributed by atoms with van der Waals surface area (Å²) in [7, 11) is 1.58. The molecule has 0 saturated carbocycles. The second-order valence-corrected chi connectivity index (χ2v) is 7.60. The van der Waals surface area contributed by atoms with E-state index in [9.17, 15) is 5.26 Å². The molecule has 0 bridgehead atoms. The van der Waals surface area contributed by atoms with Gasteiger partial charge in [-0.3, -0.25) is 0 Å². The molecule has 0 unspecified atom stereocenters. The first-order chi connectivity index (χ1) is 14.0. The summed E-state index contributed by atoms with van der Waals surface area (Å²) in [6.45, 7) is 0.0675. The Morgan fingerprint density at radius 1 is 1.14 bits per heavy atom. The predicted octanol–water partition coefficient (Wildman–Crippen LogP) is 5.12. The number of ether oxygens (including phenoxy) is 2. The molecule has 9 heteroatoms. The third-order valence-corrected chi connectivity index (χ3v) is 5.37. The van der Waals surface area contributed by atoms with Crippen LogP contribution in [0.3, 0.4) is 0 Å². The number of methoxy groups -OCH3 is 1. The van der Waals surface area contributed by atoms with Gasteiger partial charge in [0.25, 0.3) is 0 Å². The summed E-state index contributed by atoms with van der Waals surface area (Å²) in [5, 5.41) is 11.0. The molecule has 2 aromatic carbocycles. The molecule has 2 N–H and O–H groups in total. The molecule has 0 amide bonds. The van der Waals surface area contributed by atoms with E-state index < -0.39 is 0 Å². The van der Waals surface area contributed by atoms with Gasteiger partial charge in [-0.15, -0.1) is 0 Å². The number of rotatable bonds is 7. The Hall–Kier alpha value is -2.66. The highest BCUT2D eigenvalue weighted by molar-refractivity contribution is 7.98. The number of nitrogen functional groups attached to an aromatic ring is 1. The Balaban J connectivity index is 1.77. The van der Waals surface area contributed by atoms with Gasteiger partial charge >= 0.3 is 0 Å².